The van der Waals surface area contributed by atoms with Gasteiger partial charge in [-0.25, -0.2) is 4.79 Å². The first kappa shape index (κ1) is 20.6. The molecule has 3 fully saturated rings. The first-order valence-corrected chi connectivity index (χ1v) is 10.4. The summed E-state index contributed by atoms with van der Waals surface area (Å²) in [5, 5.41) is 3.48. The lowest BCUT2D eigenvalue weighted by Crippen LogP contribution is -2.67. The molecule has 9 heteroatoms. The smallest absolute Gasteiger partial charge is 0.328 e. The van der Waals surface area contributed by atoms with Gasteiger partial charge in [-0.3, -0.25) is 24.7 Å². The summed E-state index contributed by atoms with van der Waals surface area (Å²) in [4.78, 5) is 44.9. The maximum atomic E-state index is 13.3. The third kappa shape index (κ3) is 3.31. The summed E-state index contributed by atoms with van der Waals surface area (Å²) >= 11 is 0. The normalized spacial score (nSPS) is 26.7. The molecule has 1 N–H and O–H groups in total. The van der Waals surface area contributed by atoms with Gasteiger partial charge in [-0.15, -0.1) is 0 Å². The van der Waals surface area contributed by atoms with E-state index in [4.69, 9.17) is 4.74 Å². The largest absolute Gasteiger partial charge is 0.465 e. The first-order valence-electron chi connectivity index (χ1n) is 10.4. The van der Waals surface area contributed by atoms with Crippen molar-refractivity contribution in [1.29, 1.82) is 0 Å². The van der Waals surface area contributed by atoms with Crippen LogP contribution in [-0.2, 0) is 14.3 Å². The van der Waals surface area contributed by atoms with Crippen molar-refractivity contribution in [2.24, 2.45) is 0 Å². The van der Waals surface area contributed by atoms with E-state index in [2.05, 4.69) is 47.2 Å². The highest BCUT2D eigenvalue weighted by Crippen LogP contribution is 2.33. The van der Waals surface area contributed by atoms with E-state index >= 15 is 0 Å². The van der Waals surface area contributed by atoms with Crippen molar-refractivity contribution in [1.82, 2.24) is 20.0 Å². The number of esters is 1. The van der Waals surface area contributed by atoms with Crippen LogP contribution in [0.15, 0.2) is 18.2 Å². The number of likely N-dealkylation sites (N-methyl/N-ethyl adjacent to an activating group) is 1. The SMILES string of the molecule is CCOC(=O)CN1C(=O)C2C(NC3N(c4ccc(C)c(C)c4)CCCN23)N(C)C1=O. The molecule has 4 rings (SSSR count). The van der Waals surface area contributed by atoms with E-state index in [1.807, 2.05) is 0 Å². The number of amides is 3. The summed E-state index contributed by atoms with van der Waals surface area (Å²) in [6.45, 7) is 7.30. The molecule has 0 spiro atoms. The second-order valence-corrected chi connectivity index (χ2v) is 8.11. The lowest BCUT2D eigenvalue weighted by atomic mass is 10.1. The van der Waals surface area contributed by atoms with Crippen molar-refractivity contribution in [3.8, 4) is 0 Å². The maximum absolute atomic E-state index is 13.3. The van der Waals surface area contributed by atoms with Crippen LogP contribution < -0.4 is 10.2 Å². The lowest BCUT2D eigenvalue weighted by Gasteiger charge is -2.43. The summed E-state index contributed by atoms with van der Waals surface area (Å²) in [5.74, 6) is -0.933. The number of nitrogens with zero attached hydrogens (tertiary/aromatic N) is 4. The molecular weight excluding hydrogens is 386 g/mol. The van der Waals surface area contributed by atoms with E-state index in [1.54, 1.807) is 14.0 Å². The Kier molecular flexibility index (Phi) is 5.42. The third-order valence-corrected chi connectivity index (χ3v) is 6.28. The topological polar surface area (TPSA) is 85.4 Å². The van der Waals surface area contributed by atoms with E-state index in [0.717, 1.165) is 30.1 Å². The van der Waals surface area contributed by atoms with E-state index in [1.165, 1.54) is 16.0 Å². The molecule has 0 radical (unpaired) electrons. The van der Waals surface area contributed by atoms with E-state index in [9.17, 15) is 14.4 Å². The number of carbonyl (C=O) groups excluding carboxylic acids is 3. The van der Waals surface area contributed by atoms with Crippen molar-refractivity contribution < 1.29 is 19.1 Å². The van der Waals surface area contributed by atoms with Gasteiger partial charge in [-0.1, -0.05) is 6.07 Å². The van der Waals surface area contributed by atoms with Crippen molar-refractivity contribution in [2.45, 2.75) is 45.7 Å². The minimum absolute atomic E-state index is 0.197. The fraction of sp³-hybridized carbons (Fsp3) is 0.571. The minimum atomic E-state index is -0.580. The summed E-state index contributed by atoms with van der Waals surface area (Å²) in [5.41, 5.74) is 3.53. The second-order valence-electron chi connectivity index (χ2n) is 8.11. The number of rotatable bonds is 4. The number of hydrogen-bond acceptors (Lipinski definition) is 7. The van der Waals surface area contributed by atoms with Crippen molar-refractivity contribution in [3.63, 3.8) is 0 Å². The molecule has 0 saturated carbocycles. The number of imide groups is 1. The Morgan fingerprint density at radius 2 is 1.97 bits per heavy atom. The van der Waals surface area contributed by atoms with Crippen LogP contribution in [-0.4, -0.2) is 84.4 Å². The standard InChI is InChI=1S/C21H29N5O4/c1-5-30-16(27)12-26-19(28)17-18(23(4)21(26)29)22-20-24(9-6-10-25(17)20)15-8-7-13(2)14(3)11-15/h7-8,11,17-18,20,22H,5-6,9-10,12H2,1-4H3. The molecule has 1 aromatic carbocycles. The molecule has 0 aromatic heterocycles. The van der Waals surface area contributed by atoms with Crippen LogP contribution in [0.3, 0.4) is 0 Å². The molecule has 3 unspecified atom stereocenters. The predicted molar refractivity (Wildman–Crippen MR) is 111 cm³/mol. The van der Waals surface area contributed by atoms with Gasteiger partial charge in [0.2, 0.25) is 0 Å². The number of benzene rings is 1. The number of fused-ring (bicyclic) bond motifs is 3. The Balaban J connectivity index is 1.61. The predicted octanol–water partition coefficient (Wildman–Crippen LogP) is 0.854. The van der Waals surface area contributed by atoms with E-state index in [0.29, 0.717) is 0 Å². The monoisotopic (exact) mass is 415 g/mol. The Morgan fingerprint density at radius 1 is 1.20 bits per heavy atom. The molecule has 0 aliphatic carbocycles. The molecule has 1 aromatic rings. The highest BCUT2D eigenvalue weighted by atomic mass is 16.5. The molecular formula is C21H29N5O4. The van der Waals surface area contributed by atoms with Crippen LogP contribution in [0.1, 0.15) is 24.5 Å². The quantitative estimate of drug-likeness (QED) is 0.730. The molecule has 3 saturated heterocycles. The van der Waals surface area contributed by atoms with Crippen molar-refractivity contribution in [3.05, 3.63) is 29.3 Å². The summed E-state index contributed by atoms with van der Waals surface area (Å²) in [6.07, 6.45) is 0.259. The average molecular weight is 415 g/mol. The number of aryl methyl sites for hydroxylation is 2. The van der Waals surface area contributed by atoms with Gasteiger partial charge >= 0.3 is 12.0 Å². The summed E-state index contributed by atoms with van der Waals surface area (Å²) in [6, 6.07) is 5.33. The molecule has 3 atom stereocenters. The highest BCUT2D eigenvalue weighted by molar-refractivity contribution is 6.02. The fourth-order valence-electron chi connectivity index (χ4n) is 4.57. The van der Waals surface area contributed by atoms with Crippen LogP contribution in [0.2, 0.25) is 0 Å². The number of ether oxygens (including phenoxy) is 1. The first-order chi connectivity index (χ1) is 14.3. The zero-order valence-corrected chi connectivity index (χ0v) is 17.9. The highest BCUT2D eigenvalue weighted by Gasteiger charge is 2.56. The Bertz CT molecular complexity index is 875. The summed E-state index contributed by atoms with van der Waals surface area (Å²) in [7, 11) is 1.66. The Morgan fingerprint density at radius 3 is 2.67 bits per heavy atom. The Labute approximate surface area is 176 Å². The average Bonchev–Trinajstić information content (AvgIpc) is 3.12. The van der Waals surface area contributed by atoms with E-state index in [-0.39, 0.29) is 25.3 Å². The number of nitrogens with one attached hydrogen (secondary N) is 1. The van der Waals surface area contributed by atoms with Gasteiger partial charge in [0, 0.05) is 25.8 Å². The van der Waals surface area contributed by atoms with Gasteiger partial charge in [-0.2, -0.15) is 0 Å². The van der Waals surface area contributed by atoms with Crippen LogP contribution in [0, 0.1) is 13.8 Å². The number of urea groups is 1. The fourth-order valence-corrected chi connectivity index (χ4v) is 4.57. The maximum Gasteiger partial charge on any atom is 0.328 e. The van der Waals surface area contributed by atoms with Gasteiger partial charge in [0.1, 0.15) is 25.0 Å². The molecule has 0 bridgehead atoms. The van der Waals surface area contributed by atoms with Gasteiger partial charge in [0.25, 0.3) is 5.91 Å². The van der Waals surface area contributed by atoms with Crippen LogP contribution >= 0.6 is 0 Å². The third-order valence-electron chi connectivity index (χ3n) is 6.28. The van der Waals surface area contributed by atoms with Crippen LogP contribution in [0.5, 0.6) is 0 Å². The lowest BCUT2D eigenvalue weighted by molar-refractivity contribution is -0.151. The molecule has 3 heterocycles. The number of hydrogen-bond donors (Lipinski definition) is 1. The molecule has 3 aliphatic heterocycles. The zero-order valence-electron chi connectivity index (χ0n) is 17.9. The zero-order chi connectivity index (χ0) is 21.6. The van der Waals surface area contributed by atoms with E-state index < -0.39 is 24.2 Å². The second kappa shape index (κ2) is 7.88. The summed E-state index contributed by atoms with van der Waals surface area (Å²) < 4.78 is 4.95. The number of anilines is 1. The van der Waals surface area contributed by atoms with Gasteiger partial charge in [-0.05, 0) is 50.5 Å². The van der Waals surface area contributed by atoms with Gasteiger partial charge in [0.05, 0.1) is 6.61 Å². The van der Waals surface area contributed by atoms with Crippen LogP contribution in [0.4, 0.5) is 10.5 Å². The van der Waals surface area contributed by atoms with Gasteiger partial charge in [0.15, 0.2) is 0 Å². The van der Waals surface area contributed by atoms with Crippen LogP contribution in [0.25, 0.3) is 0 Å². The van der Waals surface area contributed by atoms with Crippen molar-refractivity contribution >= 4 is 23.6 Å². The molecule has 162 valence electrons. The van der Waals surface area contributed by atoms with Gasteiger partial charge < -0.3 is 14.5 Å². The molecule has 3 amide bonds. The Hall–Kier alpha value is -2.65. The number of carbonyl (C=O) groups is 3. The molecule has 3 aliphatic rings. The minimum Gasteiger partial charge on any atom is -0.465 e. The molecule has 9 nitrogen and oxygen atoms in total. The molecule has 30 heavy (non-hydrogen) atoms. The van der Waals surface area contributed by atoms with Crippen molar-refractivity contribution in [2.75, 3.05) is 38.2 Å².